The monoisotopic (exact) mass is 549 g/mol. The molecule has 10 heteroatoms. The Morgan fingerprint density at radius 3 is 2.38 bits per heavy atom. The van der Waals surface area contributed by atoms with Gasteiger partial charge in [0.15, 0.2) is 0 Å². The van der Waals surface area contributed by atoms with Crippen LogP contribution in [0.4, 0.5) is 13.2 Å². The first-order valence-electron chi connectivity index (χ1n) is 13.0. The van der Waals surface area contributed by atoms with Crippen molar-refractivity contribution < 1.29 is 22.7 Å². The van der Waals surface area contributed by atoms with E-state index >= 15 is 0 Å². The van der Waals surface area contributed by atoms with Gasteiger partial charge in [-0.15, -0.1) is 0 Å². The van der Waals surface area contributed by atoms with Gasteiger partial charge in [0, 0.05) is 35.1 Å². The van der Waals surface area contributed by atoms with Crippen LogP contribution in [0, 0.1) is 5.41 Å². The number of amidine groups is 1. The van der Waals surface area contributed by atoms with E-state index in [9.17, 15) is 18.0 Å². The van der Waals surface area contributed by atoms with Gasteiger partial charge in [-0.2, -0.15) is 13.2 Å². The molecule has 1 fully saturated rings. The number of fused-ring (bicyclic) bond motifs is 1. The van der Waals surface area contributed by atoms with Gasteiger partial charge >= 0.3 is 6.18 Å². The molecule has 1 heterocycles. The molecule has 1 aliphatic rings. The highest BCUT2D eigenvalue weighted by molar-refractivity contribution is 6.02. The number of rotatable bonds is 7. The number of benzene rings is 3. The summed E-state index contributed by atoms with van der Waals surface area (Å²) < 4.78 is 46.7. The quantitative estimate of drug-likeness (QED) is 0.172. The van der Waals surface area contributed by atoms with Gasteiger partial charge in [-0.05, 0) is 73.7 Å². The van der Waals surface area contributed by atoms with Gasteiger partial charge in [0.2, 0.25) is 0 Å². The molecule has 40 heavy (non-hydrogen) atoms. The second-order valence-electron chi connectivity index (χ2n) is 10.2. The molecule has 1 aromatic heterocycles. The number of nitrogens with one attached hydrogen (secondary N) is 2. The standard InChI is InChI=1S/C30H30F3N5O2/c31-30(32,33)21-2-1-3-25(16-21)40-24-12-4-18(5-13-24)17-38-26-15-20(28(35)36)7-6-19(26)14-27(38)29(39)37-23-10-8-22(34)9-11-23/h1-7,12-16,22-23H,8-11,17,34H2,(H3,35,36)(H,37,39). The third kappa shape index (κ3) is 6.12. The molecule has 0 unspecified atom stereocenters. The Hall–Kier alpha value is -4.31. The first kappa shape index (κ1) is 27.3. The summed E-state index contributed by atoms with van der Waals surface area (Å²) in [6.07, 6.45) is -1.07. The number of aromatic nitrogens is 1. The molecule has 0 atom stereocenters. The maximum absolute atomic E-state index is 13.4. The molecule has 1 saturated carbocycles. The van der Waals surface area contributed by atoms with Crippen LogP contribution in [0.3, 0.4) is 0 Å². The minimum Gasteiger partial charge on any atom is -0.457 e. The molecule has 0 saturated heterocycles. The fourth-order valence-electron chi connectivity index (χ4n) is 5.02. The summed E-state index contributed by atoms with van der Waals surface area (Å²) in [6, 6.07) is 19.1. The number of amides is 1. The molecule has 0 spiro atoms. The van der Waals surface area contributed by atoms with Crippen molar-refractivity contribution in [3.8, 4) is 11.5 Å². The van der Waals surface area contributed by atoms with Crippen LogP contribution in [-0.4, -0.2) is 28.4 Å². The van der Waals surface area contributed by atoms with E-state index in [0.717, 1.165) is 54.3 Å². The number of nitrogen functional groups attached to an aromatic ring is 1. The third-order valence-electron chi connectivity index (χ3n) is 7.22. The Labute approximate surface area is 229 Å². The second kappa shape index (κ2) is 11.1. The summed E-state index contributed by atoms with van der Waals surface area (Å²) in [5.74, 6) is 0.201. The molecule has 7 nitrogen and oxygen atoms in total. The molecule has 6 N–H and O–H groups in total. The zero-order chi connectivity index (χ0) is 28.4. The summed E-state index contributed by atoms with van der Waals surface area (Å²) in [4.78, 5) is 13.4. The van der Waals surface area contributed by atoms with E-state index in [-0.39, 0.29) is 29.6 Å². The number of alkyl halides is 3. The number of halogens is 3. The van der Waals surface area contributed by atoms with Crippen molar-refractivity contribution in [3.63, 3.8) is 0 Å². The van der Waals surface area contributed by atoms with Crippen LogP contribution in [0.2, 0.25) is 0 Å². The third-order valence-corrected chi connectivity index (χ3v) is 7.22. The van der Waals surface area contributed by atoms with E-state index in [1.807, 2.05) is 16.7 Å². The van der Waals surface area contributed by atoms with E-state index in [0.29, 0.717) is 23.6 Å². The Bertz CT molecular complexity index is 1540. The topological polar surface area (TPSA) is 119 Å². The predicted molar refractivity (Wildman–Crippen MR) is 148 cm³/mol. The largest absolute Gasteiger partial charge is 0.457 e. The molecule has 1 amide bonds. The normalized spacial score (nSPS) is 17.5. The van der Waals surface area contributed by atoms with Crippen LogP contribution in [0.5, 0.6) is 11.5 Å². The number of carbonyl (C=O) groups excluding carboxylic acids is 1. The smallest absolute Gasteiger partial charge is 0.416 e. The van der Waals surface area contributed by atoms with Gasteiger partial charge < -0.3 is 26.1 Å². The fourth-order valence-corrected chi connectivity index (χ4v) is 5.02. The van der Waals surface area contributed by atoms with Crippen molar-refractivity contribution in [2.45, 2.75) is 50.5 Å². The maximum Gasteiger partial charge on any atom is 0.416 e. The molecule has 4 aromatic rings. The van der Waals surface area contributed by atoms with Gasteiger partial charge in [-0.1, -0.05) is 30.3 Å². The van der Waals surface area contributed by atoms with Crippen molar-refractivity contribution in [1.82, 2.24) is 9.88 Å². The molecule has 0 radical (unpaired) electrons. The Morgan fingerprint density at radius 1 is 0.975 bits per heavy atom. The first-order chi connectivity index (χ1) is 19.1. The van der Waals surface area contributed by atoms with Gasteiger partial charge in [0.1, 0.15) is 23.0 Å². The predicted octanol–water partition coefficient (Wildman–Crippen LogP) is 5.78. The van der Waals surface area contributed by atoms with Crippen molar-refractivity contribution in [3.05, 3.63) is 95.2 Å². The number of ether oxygens (including phenoxy) is 1. The molecule has 5 rings (SSSR count). The van der Waals surface area contributed by atoms with Crippen LogP contribution in [0.1, 0.15) is 52.9 Å². The van der Waals surface area contributed by atoms with E-state index in [1.54, 1.807) is 36.4 Å². The molecule has 208 valence electrons. The van der Waals surface area contributed by atoms with Crippen molar-refractivity contribution in [2.24, 2.45) is 11.5 Å². The zero-order valence-electron chi connectivity index (χ0n) is 21.7. The van der Waals surface area contributed by atoms with Crippen LogP contribution in [0.15, 0.2) is 72.8 Å². The van der Waals surface area contributed by atoms with Crippen molar-refractivity contribution in [1.29, 1.82) is 5.41 Å². The number of hydrogen-bond acceptors (Lipinski definition) is 4. The van der Waals surface area contributed by atoms with Crippen molar-refractivity contribution in [2.75, 3.05) is 0 Å². The SMILES string of the molecule is N=C(N)c1ccc2cc(C(=O)NC3CCC(N)CC3)n(Cc3ccc(Oc4cccc(C(F)(F)F)c4)cc3)c2c1. The highest BCUT2D eigenvalue weighted by Gasteiger charge is 2.30. The highest BCUT2D eigenvalue weighted by Crippen LogP contribution is 2.33. The lowest BCUT2D eigenvalue weighted by Gasteiger charge is -2.27. The average Bonchev–Trinajstić information content (AvgIpc) is 3.28. The minimum absolute atomic E-state index is 0.0545. The highest BCUT2D eigenvalue weighted by atomic mass is 19.4. The fraction of sp³-hybridized carbons (Fsp3) is 0.267. The molecular formula is C30H30F3N5O2. The Balaban J connectivity index is 1.40. The van der Waals surface area contributed by atoms with Gasteiger partial charge in [0.05, 0.1) is 5.56 Å². The van der Waals surface area contributed by atoms with Crippen LogP contribution in [-0.2, 0) is 12.7 Å². The molecular weight excluding hydrogens is 519 g/mol. The van der Waals surface area contributed by atoms with Gasteiger partial charge in [-0.3, -0.25) is 10.2 Å². The zero-order valence-corrected chi connectivity index (χ0v) is 21.7. The molecule has 1 aliphatic carbocycles. The van der Waals surface area contributed by atoms with Gasteiger partial charge in [0.25, 0.3) is 5.91 Å². The van der Waals surface area contributed by atoms with Gasteiger partial charge in [-0.25, -0.2) is 0 Å². The summed E-state index contributed by atoms with van der Waals surface area (Å²) in [7, 11) is 0. The lowest BCUT2D eigenvalue weighted by molar-refractivity contribution is -0.137. The number of hydrogen-bond donors (Lipinski definition) is 4. The molecule has 0 aliphatic heterocycles. The molecule has 0 bridgehead atoms. The number of nitrogens with two attached hydrogens (primary N) is 2. The Morgan fingerprint density at radius 2 is 1.70 bits per heavy atom. The average molecular weight is 550 g/mol. The number of nitrogens with zero attached hydrogens (tertiary/aromatic N) is 1. The minimum atomic E-state index is -4.46. The number of carbonyl (C=O) groups is 1. The Kier molecular flexibility index (Phi) is 7.53. The van der Waals surface area contributed by atoms with E-state index in [2.05, 4.69) is 5.32 Å². The van der Waals surface area contributed by atoms with Crippen LogP contribution < -0.4 is 21.5 Å². The molecule has 3 aromatic carbocycles. The van der Waals surface area contributed by atoms with Crippen LogP contribution in [0.25, 0.3) is 10.9 Å². The summed E-state index contributed by atoms with van der Waals surface area (Å²) in [5, 5.41) is 11.8. The lowest BCUT2D eigenvalue weighted by Crippen LogP contribution is -2.41. The summed E-state index contributed by atoms with van der Waals surface area (Å²) in [6.45, 7) is 0.340. The van der Waals surface area contributed by atoms with E-state index < -0.39 is 11.7 Å². The summed E-state index contributed by atoms with van der Waals surface area (Å²) in [5.41, 5.74) is 13.6. The van der Waals surface area contributed by atoms with Crippen molar-refractivity contribution >= 4 is 22.6 Å². The lowest BCUT2D eigenvalue weighted by atomic mass is 9.92. The van der Waals surface area contributed by atoms with E-state index in [1.165, 1.54) is 12.1 Å². The maximum atomic E-state index is 13.4. The van der Waals surface area contributed by atoms with E-state index in [4.69, 9.17) is 21.6 Å². The van der Waals surface area contributed by atoms with Crippen LogP contribution >= 0.6 is 0 Å². The summed E-state index contributed by atoms with van der Waals surface area (Å²) >= 11 is 0. The first-order valence-corrected chi connectivity index (χ1v) is 13.0. The second-order valence-corrected chi connectivity index (χ2v) is 10.2.